The van der Waals surface area contributed by atoms with Crippen molar-refractivity contribution < 1.29 is 27.5 Å². The highest BCUT2D eigenvalue weighted by Gasteiger charge is 2.51. The van der Waals surface area contributed by atoms with Crippen molar-refractivity contribution in [3.63, 3.8) is 0 Å². The first-order valence-electron chi connectivity index (χ1n) is 13.3. The highest BCUT2D eigenvalue weighted by Crippen LogP contribution is 2.53. The number of benzene rings is 2. The summed E-state index contributed by atoms with van der Waals surface area (Å²) in [7, 11) is 1.88. The molecule has 4 aliphatic carbocycles. The second-order valence-electron chi connectivity index (χ2n) is 11.1. The third-order valence-electron chi connectivity index (χ3n) is 8.46. The standard InChI is InChI=1S/C29H29Cl2F3N2O3/c1-36-26(25-22(30)6-3-7-23(25)31)21(27(39-36)15-8-9-15)14-38-20-11-16-10-17(12-20)24(16)28(37)35-19-5-2-4-18(13-19)29(32,33)34/h2-7,13,15-17,20,24,26H,8-12,14H2,1H3,(H,35,37). The van der Waals surface area contributed by atoms with E-state index >= 15 is 0 Å². The molecule has 4 saturated carbocycles. The van der Waals surface area contributed by atoms with Crippen LogP contribution in [-0.2, 0) is 20.5 Å². The normalized spacial score (nSPS) is 28.7. The highest BCUT2D eigenvalue weighted by molar-refractivity contribution is 6.36. The fourth-order valence-electron chi connectivity index (χ4n) is 6.48. The SMILES string of the molecule is CN1OC(C2CC2)=C(COC2CC3CC(C2)C3C(=O)Nc2cccc(C(F)(F)F)c2)C1c1c(Cl)cccc1Cl. The number of carbonyl (C=O) groups excluding carboxylic acids is 1. The number of anilines is 1. The van der Waals surface area contributed by atoms with E-state index in [-0.39, 0.29) is 41.5 Å². The average molecular weight is 581 g/mol. The third-order valence-corrected chi connectivity index (χ3v) is 9.12. The average Bonchev–Trinajstić information content (AvgIpc) is 3.66. The molecule has 0 saturated heterocycles. The second-order valence-corrected chi connectivity index (χ2v) is 11.9. The van der Waals surface area contributed by atoms with Gasteiger partial charge < -0.3 is 14.9 Å². The van der Waals surface area contributed by atoms with Crippen LogP contribution in [0.2, 0.25) is 10.0 Å². The minimum atomic E-state index is -4.46. The zero-order valence-electron chi connectivity index (χ0n) is 21.3. The largest absolute Gasteiger partial charge is 0.416 e. The van der Waals surface area contributed by atoms with Gasteiger partial charge in [0.1, 0.15) is 11.8 Å². The van der Waals surface area contributed by atoms with Crippen molar-refractivity contribution in [2.75, 3.05) is 19.0 Å². The van der Waals surface area contributed by atoms with Crippen LogP contribution in [0, 0.1) is 23.7 Å². The zero-order chi connectivity index (χ0) is 27.5. The van der Waals surface area contributed by atoms with Crippen molar-refractivity contribution in [3.05, 3.63) is 75.0 Å². The van der Waals surface area contributed by atoms with Crippen LogP contribution in [0.3, 0.4) is 0 Å². The van der Waals surface area contributed by atoms with E-state index in [1.807, 2.05) is 25.2 Å². The van der Waals surface area contributed by atoms with Gasteiger partial charge in [-0.3, -0.25) is 4.79 Å². The van der Waals surface area contributed by atoms with Crippen molar-refractivity contribution in [1.29, 1.82) is 0 Å². The first kappa shape index (κ1) is 26.9. The summed E-state index contributed by atoms with van der Waals surface area (Å²) in [5, 5.41) is 5.65. The molecule has 3 unspecified atom stereocenters. The number of hydrogen-bond acceptors (Lipinski definition) is 4. The number of amides is 1. The molecule has 3 atom stereocenters. The van der Waals surface area contributed by atoms with Crippen LogP contribution in [0.4, 0.5) is 18.9 Å². The number of nitrogens with zero attached hydrogens (tertiary/aromatic N) is 1. The maximum Gasteiger partial charge on any atom is 0.416 e. The molecule has 2 bridgehead atoms. The molecule has 1 N–H and O–H groups in total. The molecule has 4 fully saturated rings. The quantitative estimate of drug-likeness (QED) is 0.365. The van der Waals surface area contributed by atoms with Gasteiger partial charge in [0.2, 0.25) is 5.91 Å². The predicted molar refractivity (Wildman–Crippen MR) is 142 cm³/mol. The summed E-state index contributed by atoms with van der Waals surface area (Å²) in [4.78, 5) is 19.2. The zero-order valence-corrected chi connectivity index (χ0v) is 22.8. The second kappa shape index (κ2) is 10.3. The van der Waals surface area contributed by atoms with Gasteiger partial charge in [-0.25, -0.2) is 0 Å². The van der Waals surface area contributed by atoms with Crippen LogP contribution in [0.5, 0.6) is 0 Å². The van der Waals surface area contributed by atoms with Crippen LogP contribution >= 0.6 is 23.2 Å². The Labute approximate surface area is 235 Å². The predicted octanol–water partition coefficient (Wildman–Crippen LogP) is 7.66. The Balaban J connectivity index is 1.11. The van der Waals surface area contributed by atoms with Crippen molar-refractivity contribution in [3.8, 4) is 0 Å². The van der Waals surface area contributed by atoms with Crippen molar-refractivity contribution in [2.45, 2.75) is 50.4 Å². The molecular formula is C29H29Cl2F3N2O3. The molecule has 0 aromatic heterocycles. The molecule has 39 heavy (non-hydrogen) atoms. The molecule has 1 heterocycles. The summed E-state index contributed by atoms with van der Waals surface area (Å²) >= 11 is 13.1. The molecule has 5 nitrogen and oxygen atoms in total. The van der Waals surface area contributed by atoms with Crippen LogP contribution in [0.15, 0.2) is 53.8 Å². The molecule has 208 valence electrons. The number of halogens is 5. The van der Waals surface area contributed by atoms with Crippen molar-refractivity contribution in [1.82, 2.24) is 5.06 Å². The Kier molecular flexibility index (Phi) is 7.11. The topological polar surface area (TPSA) is 50.8 Å². The number of likely N-dealkylation sites (N-methyl/N-ethyl adjacent to an activating group) is 1. The van der Waals surface area contributed by atoms with Gasteiger partial charge in [0.25, 0.3) is 0 Å². The number of hydrogen-bond donors (Lipinski definition) is 1. The Hall–Kier alpha value is -2.26. The number of fused-ring (bicyclic) bond motifs is 2. The van der Waals surface area contributed by atoms with Gasteiger partial charge in [-0.15, -0.1) is 5.06 Å². The number of nitrogens with one attached hydrogen (secondary N) is 1. The molecule has 7 rings (SSSR count). The van der Waals surface area contributed by atoms with Crippen LogP contribution in [0.1, 0.15) is 49.3 Å². The molecule has 1 aliphatic heterocycles. The van der Waals surface area contributed by atoms with Gasteiger partial charge in [-0.2, -0.15) is 13.2 Å². The molecule has 5 aliphatic rings. The number of alkyl halides is 3. The third kappa shape index (κ3) is 5.29. The van der Waals surface area contributed by atoms with Gasteiger partial charge in [0, 0.05) is 45.8 Å². The number of rotatable bonds is 7. The first-order valence-corrected chi connectivity index (χ1v) is 14.0. The van der Waals surface area contributed by atoms with Gasteiger partial charge in [0.15, 0.2) is 0 Å². The summed E-state index contributed by atoms with van der Waals surface area (Å²) in [6.45, 7) is 0.383. The monoisotopic (exact) mass is 580 g/mol. The molecule has 1 amide bonds. The summed E-state index contributed by atoms with van der Waals surface area (Å²) in [6.07, 6.45) is 0.0857. The number of ether oxygens (including phenoxy) is 1. The summed E-state index contributed by atoms with van der Waals surface area (Å²) in [6, 6.07) is 9.99. The van der Waals surface area contributed by atoms with Crippen LogP contribution in [0.25, 0.3) is 0 Å². The van der Waals surface area contributed by atoms with Gasteiger partial charge in [-0.1, -0.05) is 35.3 Å². The minimum absolute atomic E-state index is 0.00687. The van der Waals surface area contributed by atoms with Crippen LogP contribution in [-0.4, -0.2) is 30.7 Å². The Bertz CT molecular complexity index is 1280. The lowest BCUT2D eigenvalue weighted by Gasteiger charge is -2.51. The minimum Gasteiger partial charge on any atom is -0.409 e. The maximum absolute atomic E-state index is 13.1. The molecule has 2 aromatic carbocycles. The lowest BCUT2D eigenvalue weighted by molar-refractivity contribution is -0.141. The van der Waals surface area contributed by atoms with E-state index in [0.717, 1.165) is 61.1 Å². The summed E-state index contributed by atoms with van der Waals surface area (Å²) < 4.78 is 45.6. The fourth-order valence-corrected chi connectivity index (χ4v) is 7.08. The van der Waals surface area contributed by atoms with Gasteiger partial charge in [-0.05, 0) is 74.3 Å². The van der Waals surface area contributed by atoms with E-state index in [0.29, 0.717) is 22.6 Å². The molecule has 10 heteroatoms. The van der Waals surface area contributed by atoms with E-state index in [9.17, 15) is 18.0 Å². The van der Waals surface area contributed by atoms with Gasteiger partial charge in [0.05, 0.1) is 18.3 Å². The summed E-state index contributed by atoms with van der Waals surface area (Å²) in [5.41, 5.74) is 1.23. The van der Waals surface area contributed by atoms with E-state index in [1.165, 1.54) is 12.1 Å². The molecule has 2 aromatic rings. The van der Waals surface area contributed by atoms with E-state index < -0.39 is 11.7 Å². The van der Waals surface area contributed by atoms with E-state index in [1.54, 1.807) is 5.06 Å². The van der Waals surface area contributed by atoms with Crippen LogP contribution < -0.4 is 5.32 Å². The summed E-state index contributed by atoms with van der Waals surface area (Å²) in [5.74, 6) is 1.18. The van der Waals surface area contributed by atoms with Crippen molar-refractivity contribution in [2.24, 2.45) is 23.7 Å². The highest BCUT2D eigenvalue weighted by atomic mass is 35.5. The lowest BCUT2D eigenvalue weighted by atomic mass is 9.56. The number of hydroxylamine groups is 2. The molecule has 0 spiro atoms. The van der Waals surface area contributed by atoms with E-state index in [2.05, 4.69) is 5.32 Å². The number of allylic oxidation sites excluding steroid dienone is 1. The maximum atomic E-state index is 13.1. The number of carbonyl (C=O) groups is 1. The molecule has 0 radical (unpaired) electrons. The van der Waals surface area contributed by atoms with Crippen molar-refractivity contribution >= 4 is 34.8 Å². The Morgan fingerprint density at radius 1 is 1.08 bits per heavy atom. The van der Waals surface area contributed by atoms with E-state index in [4.69, 9.17) is 32.8 Å². The smallest absolute Gasteiger partial charge is 0.409 e. The molecular weight excluding hydrogens is 552 g/mol. The Morgan fingerprint density at radius 3 is 2.38 bits per heavy atom. The first-order chi connectivity index (χ1) is 18.6. The van der Waals surface area contributed by atoms with Gasteiger partial charge >= 0.3 is 6.18 Å². The lowest BCUT2D eigenvalue weighted by Crippen LogP contribution is -2.51. The fraction of sp³-hybridized carbons (Fsp3) is 0.483. The Morgan fingerprint density at radius 2 is 1.74 bits per heavy atom.